The fraction of sp³-hybridized carbons (Fsp3) is 0.429. The van der Waals surface area contributed by atoms with Crippen LogP contribution in [0, 0.1) is 6.92 Å². The zero-order valence-electron chi connectivity index (χ0n) is 21.0. The van der Waals surface area contributed by atoms with E-state index in [0.29, 0.717) is 25.3 Å². The monoisotopic (exact) mass is 542 g/mol. The van der Waals surface area contributed by atoms with Gasteiger partial charge in [0.15, 0.2) is 0 Å². The average Bonchev–Trinajstić information content (AvgIpc) is 3.10. The molecule has 1 atom stereocenters. The summed E-state index contributed by atoms with van der Waals surface area (Å²) < 4.78 is 6.68. The fourth-order valence-electron chi connectivity index (χ4n) is 4.36. The summed E-state index contributed by atoms with van der Waals surface area (Å²) in [7, 11) is 0. The van der Waals surface area contributed by atoms with E-state index in [-0.39, 0.29) is 11.3 Å². The number of nitrogens with zero attached hydrogens (tertiary/aromatic N) is 2. The minimum atomic E-state index is -0.663. The molecule has 0 bridgehead atoms. The first-order valence-corrected chi connectivity index (χ1v) is 13.1. The van der Waals surface area contributed by atoms with Gasteiger partial charge in [-0.15, -0.1) is 0 Å². The van der Waals surface area contributed by atoms with E-state index in [4.69, 9.17) is 4.74 Å². The molecule has 1 fully saturated rings. The molecule has 1 N–H and O–H groups in total. The average molecular weight is 544 g/mol. The molecule has 0 aliphatic carbocycles. The van der Waals surface area contributed by atoms with Crippen LogP contribution in [0.3, 0.4) is 0 Å². The first kappa shape index (κ1) is 27.0. The number of carbonyl (C=O) groups is 2. The van der Waals surface area contributed by atoms with Crippen molar-refractivity contribution in [1.29, 1.82) is 0 Å². The molecule has 2 aromatic carbocycles. The minimum absolute atomic E-state index is 0.117. The number of amides is 1. The van der Waals surface area contributed by atoms with Crippen molar-refractivity contribution in [3.63, 3.8) is 0 Å². The van der Waals surface area contributed by atoms with Gasteiger partial charge in [0.1, 0.15) is 11.5 Å². The number of carbonyl (C=O) groups excluding carboxylic acids is 2. The Morgan fingerprint density at radius 1 is 1.11 bits per heavy atom. The second-order valence-electron chi connectivity index (χ2n) is 8.76. The Labute approximate surface area is 216 Å². The Morgan fingerprint density at radius 3 is 2.49 bits per heavy atom. The molecule has 0 saturated carbocycles. The maximum atomic E-state index is 13.3. The lowest BCUT2D eigenvalue weighted by Crippen LogP contribution is -2.38. The Hall–Kier alpha value is -2.64. The number of hydrogen-bond acceptors (Lipinski definition) is 5. The third-order valence-electron chi connectivity index (χ3n) is 6.46. The highest BCUT2D eigenvalue weighted by atomic mass is 79.9. The van der Waals surface area contributed by atoms with Crippen LogP contribution < -0.4 is 4.74 Å². The van der Waals surface area contributed by atoms with E-state index < -0.39 is 17.7 Å². The Kier molecular flexibility index (Phi) is 9.52. The molecule has 1 amide bonds. The van der Waals surface area contributed by atoms with Gasteiger partial charge < -0.3 is 19.6 Å². The van der Waals surface area contributed by atoms with Crippen molar-refractivity contribution >= 4 is 33.4 Å². The number of likely N-dealkylation sites (N-methyl/N-ethyl adjacent to an activating group) is 1. The second-order valence-corrected chi connectivity index (χ2v) is 9.67. The topological polar surface area (TPSA) is 70.1 Å². The van der Waals surface area contributed by atoms with E-state index in [1.165, 1.54) is 0 Å². The number of rotatable bonds is 11. The molecular weight excluding hydrogens is 508 g/mol. The van der Waals surface area contributed by atoms with E-state index in [9.17, 15) is 14.7 Å². The van der Waals surface area contributed by atoms with Crippen LogP contribution >= 0.6 is 15.9 Å². The Morgan fingerprint density at radius 2 is 1.86 bits per heavy atom. The van der Waals surface area contributed by atoms with Gasteiger partial charge in [-0.05, 0) is 67.9 Å². The van der Waals surface area contributed by atoms with E-state index in [1.807, 2.05) is 37.3 Å². The SMILES string of the molecule is CCCCOc1ccc(/C(O)=C2/C(=O)C(=O)N(CCN(CC)CC)C2c2cccc(Br)c2)cc1C. The lowest BCUT2D eigenvalue weighted by atomic mass is 9.95. The van der Waals surface area contributed by atoms with Gasteiger partial charge in [-0.3, -0.25) is 9.59 Å². The number of likely N-dealkylation sites (tertiary alicyclic amines) is 1. The zero-order valence-corrected chi connectivity index (χ0v) is 22.6. The van der Waals surface area contributed by atoms with Crippen LogP contribution in [0.1, 0.15) is 56.3 Å². The van der Waals surface area contributed by atoms with Gasteiger partial charge in [0.25, 0.3) is 11.7 Å². The fourth-order valence-corrected chi connectivity index (χ4v) is 4.78. The largest absolute Gasteiger partial charge is 0.507 e. The van der Waals surface area contributed by atoms with Crippen molar-refractivity contribution in [2.75, 3.05) is 32.8 Å². The molecule has 1 saturated heterocycles. The number of aryl methyl sites for hydroxylation is 1. The molecule has 6 nitrogen and oxygen atoms in total. The third-order valence-corrected chi connectivity index (χ3v) is 6.95. The molecule has 7 heteroatoms. The van der Waals surface area contributed by atoms with Crippen LogP contribution in [-0.2, 0) is 9.59 Å². The first-order valence-electron chi connectivity index (χ1n) is 12.3. The number of benzene rings is 2. The first-order chi connectivity index (χ1) is 16.8. The van der Waals surface area contributed by atoms with Gasteiger partial charge >= 0.3 is 0 Å². The summed E-state index contributed by atoms with van der Waals surface area (Å²) in [5.41, 5.74) is 2.25. The highest BCUT2D eigenvalue weighted by molar-refractivity contribution is 9.10. The second kappa shape index (κ2) is 12.4. The molecule has 188 valence electrons. The lowest BCUT2D eigenvalue weighted by molar-refractivity contribution is -0.140. The quantitative estimate of drug-likeness (QED) is 0.171. The van der Waals surface area contributed by atoms with Gasteiger partial charge in [-0.1, -0.05) is 55.3 Å². The molecule has 1 heterocycles. The Balaban J connectivity index is 2.04. The van der Waals surface area contributed by atoms with Crippen molar-refractivity contribution < 1.29 is 19.4 Å². The molecule has 3 rings (SSSR count). The number of ether oxygens (including phenoxy) is 1. The molecule has 35 heavy (non-hydrogen) atoms. The van der Waals surface area contributed by atoms with Gasteiger partial charge in [-0.2, -0.15) is 0 Å². The number of Topliss-reactive ketones (excluding diaryl/α,β-unsaturated/α-hetero) is 1. The smallest absolute Gasteiger partial charge is 0.295 e. The van der Waals surface area contributed by atoms with Crippen molar-refractivity contribution in [3.05, 3.63) is 69.2 Å². The van der Waals surface area contributed by atoms with Gasteiger partial charge in [-0.25, -0.2) is 0 Å². The predicted octanol–water partition coefficient (Wildman–Crippen LogP) is 5.70. The third kappa shape index (κ3) is 6.14. The van der Waals surface area contributed by atoms with Gasteiger partial charge in [0, 0.05) is 23.1 Å². The lowest BCUT2D eigenvalue weighted by Gasteiger charge is -2.28. The summed E-state index contributed by atoms with van der Waals surface area (Å²) in [6.07, 6.45) is 2.01. The molecule has 1 aliphatic rings. The maximum Gasteiger partial charge on any atom is 0.295 e. The van der Waals surface area contributed by atoms with Crippen LogP contribution in [0.5, 0.6) is 5.75 Å². The normalized spacial score (nSPS) is 17.4. The van der Waals surface area contributed by atoms with Crippen LogP contribution in [0.2, 0.25) is 0 Å². The van der Waals surface area contributed by atoms with Gasteiger partial charge in [0.2, 0.25) is 0 Å². The van der Waals surface area contributed by atoms with E-state index in [0.717, 1.165) is 47.3 Å². The molecule has 1 aliphatic heterocycles. The summed E-state index contributed by atoms with van der Waals surface area (Å²) in [4.78, 5) is 30.2. The van der Waals surface area contributed by atoms with Crippen molar-refractivity contribution in [3.8, 4) is 5.75 Å². The summed E-state index contributed by atoms with van der Waals surface area (Å²) in [6.45, 7) is 11.5. The van der Waals surface area contributed by atoms with E-state index in [1.54, 1.807) is 17.0 Å². The summed E-state index contributed by atoms with van der Waals surface area (Å²) in [5.74, 6) is -0.659. The highest BCUT2D eigenvalue weighted by Gasteiger charge is 2.46. The number of ketones is 1. The van der Waals surface area contributed by atoms with E-state index in [2.05, 4.69) is 41.6 Å². The highest BCUT2D eigenvalue weighted by Crippen LogP contribution is 2.40. The van der Waals surface area contributed by atoms with Crippen LogP contribution in [0.15, 0.2) is 52.5 Å². The van der Waals surface area contributed by atoms with Crippen LogP contribution in [-0.4, -0.2) is 59.4 Å². The maximum absolute atomic E-state index is 13.3. The molecule has 1 unspecified atom stereocenters. The molecule has 0 spiro atoms. The standard InChI is InChI=1S/C28H35BrN2O4/c1-5-8-16-35-23-13-12-21(17-19(23)4)26(32)24-25(20-10-9-11-22(29)18-20)31(28(34)27(24)33)15-14-30(6-2)7-3/h9-13,17-18,25,32H,5-8,14-16H2,1-4H3/b26-24-. The van der Waals surface area contributed by atoms with Crippen molar-refractivity contribution in [2.24, 2.45) is 0 Å². The van der Waals surface area contributed by atoms with E-state index >= 15 is 0 Å². The Bertz CT molecular complexity index is 1090. The molecule has 2 aromatic rings. The zero-order chi connectivity index (χ0) is 25.5. The van der Waals surface area contributed by atoms with Gasteiger partial charge in [0.05, 0.1) is 18.2 Å². The molecule has 0 radical (unpaired) electrons. The van der Waals surface area contributed by atoms with Crippen LogP contribution in [0.25, 0.3) is 5.76 Å². The summed E-state index contributed by atoms with van der Waals surface area (Å²) in [6, 6.07) is 12.2. The number of aliphatic hydroxyl groups excluding tert-OH is 1. The minimum Gasteiger partial charge on any atom is -0.507 e. The summed E-state index contributed by atoms with van der Waals surface area (Å²) in [5, 5.41) is 11.3. The molecule has 0 aromatic heterocycles. The van der Waals surface area contributed by atoms with Crippen LogP contribution in [0.4, 0.5) is 0 Å². The van der Waals surface area contributed by atoms with Crippen molar-refractivity contribution in [2.45, 2.75) is 46.6 Å². The summed E-state index contributed by atoms with van der Waals surface area (Å²) >= 11 is 3.50. The number of unbranched alkanes of at least 4 members (excludes halogenated alkanes) is 1. The number of halogens is 1. The number of aliphatic hydroxyl groups is 1. The predicted molar refractivity (Wildman–Crippen MR) is 143 cm³/mol. The van der Waals surface area contributed by atoms with Crippen molar-refractivity contribution in [1.82, 2.24) is 9.80 Å². The number of hydrogen-bond donors (Lipinski definition) is 1. The molecular formula is C28H35BrN2O4.